The van der Waals surface area contributed by atoms with E-state index in [-0.39, 0.29) is 23.9 Å². The van der Waals surface area contributed by atoms with Gasteiger partial charge in [0.05, 0.1) is 13.2 Å². The fourth-order valence-electron chi connectivity index (χ4n) is 1.54. The van der Waals surface area contributed by atoms with Gasteiger partial charge in [0.15, 0.2) is 0 Å². The summed E-state index contributed by atoms with van der Waals surface area (Å²) in [5.74, 6) is -1.18. The van der Waals surface area contributed by atoms with Gasteiger partial charge >= 0.3 is 6.18 Å². The molecule has 0 saturated heterocycles. The summed E-state index contributed by atoms with van der Waals surface area (Å²) in [6.45, 7) is 3.23. The molecule has 1 rings (SSSR count). The number of hydrogen-bond acceptors (Lipinski definition) is 3. The predicted molar refractivity (Wildman–Crippen MR) is 82.6 cm³/mol. The maximum absolute atomic E-state index is 13.3. The topological polar surface area (TPSA) is 18.5 Å². The molecule has 22 heavy (non-hydrogen) atoms. The molecule has 0 atom stereocenters. The van der Waals surface area contributed by atoms with Crippen LogP contribution in [-0.4, -0.2) is 19.4 Å². The normalized spacial score (nSPS) is 13.6. The molecule has 0 aromatic heterocycles. The molecule has 122 valence electrons. The summed E-state index contributed by atoms with van der Waals surface area (Å²) >= 11 is 6.54. The minimum absolute atomic E-state index is 0.0706. The van der Waals surface area contributed by atoms with Crippen molar-refractivity contribution < 1.29 is 22.6 Å². The lowest BCUT2D eigenvalue weighted by Gasteiger charge is -2.19. The lowest BCUT2D eigenvalue weighted by atomic mass is 10.3. The second-order valence-corrected chi connectivity index (χ2v) is 5.21. The zero-order valence-corrected chi connectivity index (χ0v) is 13.7. The van der Waals surface area contributed by atoms with E-state index in [1.165, 1.54) is 6.92 Å². The zero-order valence-electron chi connectivity index (χ0n) is 12.1. The highest BCUT2D eigenvalue weighted by molar-refractivity contribution is 8.03. The molecule has 0 spiro atoms. The summed E-state index contributed by atoms with van der Waals surface area (Å²) in [6.07, 6.45) is -4.64. The number of alkyl halides is 3. The van der Waals surface area contributed by atoms with E-state index < -0.39 is 11.9 Å². The van der Waals surface area contributed by atoms with Crippen LogP contribution in [0.15, 0.2) is 57.2 Å². The molecule has 1 aromatic rings. The van der Waals surface area contributed by atoms with Crippen molar-refractivity contribution in [2.24, 2.45) is 0 Å². The third-order valence-corrected chi connectivity index (χ3v) is 3.63. The Morgan fingerprint density at radius 2 is 1.73 bits per heavy atom. The number of hydrogen-bond donors (Lipinski definition) is 0. The van der Waals surface area contributed by atoms with E-state index in [0.29, 0.717) is 4.90 Å². The fraction of sp³-hybridized carbons (Fsp3) is 0.333. The fourth-order valence-corrected chi connectivity index (χ4v) is 2.79. The number of benzene rings is 1. The van der Waals surface area contributed by atoms with E-state index in [1.54, 1.807) is 37.3 Å². The minimum atomic E-state index is -4.64. The molecule has 0 aliphatic heterocycles. The predicted octanol–water partition coefficient (Wildman–Crippen LogP) is 5.71. The van der Waals surface area contributed by atoms with Crippen LogP contribution in [-0.2, 0) is 9.47 Å². The smallest absolute Gasteiger partial charge is 0.450 e. The van der Waals surface area contributed by atoms with Crippen molar-refractivity contribution in [2.75, 3.05) is 13.2 Å². The van der Waals surface area contributed by atoms with Crippen LogP contribution >= 0.6 is 23.4 Å². The summed E-state index contributed by atoms with van der Waals surface area (Å²) in [5, 5.41) is 0. The van der Waals surface area contributed by atoms with E-state index in [9.17, 15) is 13.2 Å². The molecule has 0 saturated carbocycles. The first kappa shape index (κ1) is 18.8. The first-order valence-corrected chi connectivity index (χ1v) is 7.80. The van der Waals surface area contributed by atoms with Gasteiger partial charge in [0.1, 0.15) is 10.7 Å². The maximum atomic E-state index is 13.3. The van der Waals surface area contributed by atoms with Gasteiger partial charge in [0.2, 0.25) is 5.76 Å². The van der Waals surface area contributed by atoms with Crippen molar-refractivity contribution in [3.63, 3.8) is 0 Å². The summed E-state index contributed by atoms with van der Waals surface area (Å²) in [5.41, 5.74) is 0.986. The van der Waals surface area contributed by atoms with Gasteiger partial charge in [-0.3, -0.25) is 0 Å². The van der Waals surface area contributed by atoms with E-state index in [0.717, 1.165) is 17.3 Å². The van der Waals surface area contributed by atoms with Gasteiger partial charge in [-0.1, -0.05) is 41.6 Å². The molecule has 0 aliphatic rings. The molecule has 0 heterocycles. The SMILES string of the molecule is CCOC(=C/Cl)/C(Sc1ccccc1)=C(\OCC)C(F)(F)F. The Morgan fingerprint density at radius 3 is 2.18 bits per heavy atom. The highest BCUT2D eigenvalue weighted by Gasteiger charge is 2.40. The van der Waals surface area contributed by atoms with Crippen LogP contribution in [0.3, 0.4) is 0 Å². The molecule has 7 heteroatoms. The molecule has 0 aliphatic carbocycles. The van der Waals surface area contributed by atoms with Gasteiger partial charge < -0.3 is 9.47 Å². The molecule has 0 amide bonds. The van der Waals surface area contributed by atoms with Crippen LogP contribution in [0.2, 0.25) is 0 Å². The molecule has 0 unspecified atom stereocenters. The average Bonchev–Trinajstić information content (AvgIpc) is 2.48. The Labute approximate surface area is 136 Å². The van der Waals surface area contributed by atoms with E-state index in [2.05, 4.69) is 0 Å². The Morgan fingerprint density at radius 1 is 1.14 bits per heavy atom. The van der Waals surface area contributed by atoms with Gasteiger partial charge in [0, 0.05) is 10.4 Å². The van der Waals surface area contributed by atoms with Gasteiger partial charge in [-0.15, -0.1) is 0 Å². The number of ether oxygens (including phenoxy) is 2. The van der Waals surface area contributed by atoms with E-state index in [1.807, 2.05) is 0 Å². The molecular formula is C15H16ClF3O2S. The van der Waals surface area contributed by atoms with Crippen LogP contribution in [0.4, 0.5) is 13.2 Å². The summed E-state index contributed by atoms with van der Waals surface area (Å²) in [6, 6.07) is 8.64. The second kappa shape index (κ2) is 9.00. The van der Waals surface area contributed by atoms with Crippen LogP contribution in [0.5, 0.6) is 0 Å². The van der Waals surface area contributed by atoms with Gasteiger partial charge in [-0.2, -0.15) is 13.2 Å². The number of rotatable bonds is 7. The molecule has 0 fully saturated rings. The van der Waals surface area contributed by atoms with Crippen molar-refractivity contribution in [3.8, 4) is 0 Å². The molecular weight excluding hydrogens is 337 g/mol. The minimum Gasteiger partial charge on any atom is -0.492 e. The number of halogens is 4. The molecule has 0 radical (unpaired) electrons. The monoisotopic (exact) mass is 352 g/mol. The Balaban J connectivity index is 3.36. The Bertz CT molecular complexity index is 527. The highest BCUT2D eigenvalue weighted by atomic mass is 35.5. The Hall–Kier alpha value is -1.27. The molecule has 0 N–H and O–H groups in total. The van der Waals surface area contributed by atoms with Gasteiger partial charge in [-0.25, -0.2) is 0 Å². The molecule has 2 nitrogen and oxygen atoms in total. The van der Waals surface area contributed by atoms with Crippen molar-refractivity contribution >= 4 is 23.4 Å². The highest BCUT2D eigenvalue weighted by Crippen LogP contribution is 2.41. The maximum Gasteiger partial charge on any atom is 0.450 e. The van der Waals surface area contributed by atoms with E-state index >= 15 is 0 Å². The third kappa shape index (κ3) is 5.50. The molecule has 0 bridgehead atoms. The van der Waals surface area contributed by atoms with Crippen molar-refractivity contribution in [2.45, 2.75) is 24.9 Å². The molecule has 1 aromatic carbocycles. The van der Waals surface area contributed by atoms with Crippen LogP contribution in [0, 0.1) is 0 Å². The van der Waals surface area contributed by atoms with E-state index in [4.69, 9.17) is 21.1 Å². The largest absolute Gasteiger partial charge is 0.492 e. The first-order chi connectivity index (χ1) is 10.4. The van der Waals surface area contributed by atoms with Crippen molar-refractivity contribution in [1.82, 2.24) is 0 Å². The number of thioether (sulfide) groups is 1. The van der Waals surface area contributed by atoms with Crippen molar-refractivity contribution in [1.29, 1.82) is 0 Å². The average molecular weight is 353 g/mol. The number of allylic oxidation sites excluding steroid dienone is 1. The summed E-state index contributed by atoms with van der Waals surface area (Å²) in [7, 11) is 0. The quantitative estimate of drug-likeness (QED) is 0.356. The summed E-state index contributed by atoms with van der Waals surface area (Å²) < 4.78 is 49.9. The van der Waals surface area contributed by atoms with Gasteiger partial charge in [0.25, 0.3) is 0 Å². The van der Waals surface area contributed by atoms with Crippen molar-refractivity contribution in [3.05, 3.63) is 52.3 Å². The summed E-state index contributed by atoms with van der Waals surface area (Å²) in [4.78, 5) is 0.423. The van der Waals surface area contributed by atoms with Gasteiger partial charge in [-0.05, 0) is 26.0 Å². The lowest BCUT2D eigenvalue weighted by molar-refractivity contribution is -0.130. The third-order valence-electron chi connectivity index (χ3n) is 2.34. The lowest BCUT2D eigenvalue weighted by Crippen LogP contribution is -2.18. The van der Waals surface area contributed by atoms with Crippen LogP contribution in [0.1, 0.15) is 13.8 Å². The van der Waals surface area contributed by atoms with Crippen LogP contribution in [0.25, 0.3) is 0 Å². The Kier molecular flexibility index (Phi) is 7.68. The van der Waals surface area contributed by atoms with Crippen LogP contribution < -0.4 is 0 Å². The first-order valence-electron chi connectivity index (χ1n) is 6.54. The second-order valence-electron chi connectivity index (χ2n) is 3.91. The zero-order chi connectivity index (χ0) is 16.6. The standard InChI is InChI=1S/C15H16ClF3O2S/c1-3-20-12(10-16)13(14(21-4-2)15(17,18)19)22-11-8-6-5-7-9-11/h5-10H,3-4H2,1-2H3/b12-10+,14-13+.